The molecular formula is C17H23ClN2O3. The average Bonchev–Trinajstić information content (AvgIpc) is 2.56. The molecule has 5 nitrogen and oxygen atoms in total. The third kappa shape index (κ3) is 3.12. The summed E-state index contributed by atoms with van der Waals surface area (Å²) in [5.74, 6) is -0.912. The van der Waals surface area contributed by atoms with E-state index in [-0.39, 0.29) is 22.2 Å². The molecule has 0 radical (unpaired) electrons. The molecule has 2 N–H and O–H groups in total. The van der Waals surface area contributed by atoms with Crippen molar-refractivity contribution >= 4 is 17.5 Å². The van der Waals surface area contributed by atoms with Gasteiger partial charge in [0, 0.05) is 13.1 Å². The fourth-order valence-electron chi connectivity index (χ4n) is 3.67. The molecule has 6 heteroatoms. The molecule has 1 spiro atoms. The quantitative estimate of drug-likeness (QED) is 0.773. The van der Waals surface area contributed by atoms with Gasteiger partial charge in [0.15, 0.2) is 11.5 Å². The van der Waals surface area contributed by atoms with Crippen molar-refractivity contribution < 1.29 is 15.0 Å². The van der Waals surface area contributed by atoms with Crippen molar-refractivity contribution in [2.75, 3.05) is 33.2 Å². The molecular weight excluding hydrogens is 316 g/mol. The molecule has 1 aromatic rings. The van der Waals surface area contributed by atoms with Crippen LogP contribution >= 0.6 is 11.6 Å². The first-order valence-electron chi connectivity index (χ1n) is 8.10. The van der Waals surface area contributed by atoms with E-state index < -0.39 is 5.75 Å². The van der Waals surface area contributed by atoms with Crippen LogP contribution in [0.4, 0.5) is 0 Å². The van der Waals surface area contributed by atoms with Gasteiger partial charge >= 0.3 is 0 Å². The van der Waals surface area contributed by atoms with Crippen molar-refractivity contribution in [3.05, 3.63) is 22.7 Å². The molecule has 0 aliphatic carbocycles. The van der Waals surface area contributed by atoms with Crippen LogP contribution in [0.1, 0.15) is 36.0 Å². The molecule has 2 heterocycles. The number of piperidine rings is 2. The molecule has 1 amide bonds. The Labute approximate surface area is 141 Å². The van der Waals surface area contributed by atoms with Crippen molar-refractivity contribution in [1.29, 1.82) is 0 Å². The van der Waals surface area contributed by atoms with Crippen LogP contribution in [0.3, 0.4) is 0 Å². The summed E-state index contributed by atoms with van der Waals surface area (Å²) in [6.07, 6.45) is 4.45. The number of likely N-dealkylation sites (tertiary alicyclic amines) is 2. The number of carbonyl (C=O) groups is 1. The number of phenols is 2. The van der Waals surface area contributed by atoms with Gasteiger partial charge in [0.05, 0.1) is 10.6 Å². The van der Waals surface area contributed by atoms with Crippen LogP contribution in [0.5, 0.6) is 11.5 Å². The summed E-state index contributed by atoms with van der Waals surface area (Å²) in [4.78, 5) is 16.8. The Morgan fingerprint density at radius 3 is 2.26 bits per heavy atom. The Morgan fingerprint density at radius 2 is 1.65 bits per heavy atom. The van der Waals surface area contributed by atoms with Crippen LogP contribution < -0.4 is 0 Å². The second kappa shape index (κ2) is 6.21. The minimum Gasteiger partial charge on any atom is -0.504 e. The number of benzene rings is 1. The van der Waals surface area contributed by atoms with E-state index in [0.29, 0.717) is 5.41 Å². The van der Waals surface area contributed by atoms with Crippen LogP contribution in [-0.2, 0) is 0 Å². The lowest BCUT2D eigenvalue weighted by molar-refractivity contribution is 0.0352. The van der Waals surface area contributed by atoms with E-state index in [0.717, 1.165) is 39.0 Å². The van der Waals surface area contributed by atoms with E-state index in [4.69, 9.17) is 11.6 Å². The maximum atomic E-state index is 12.6. The molecule has 2 fully saturated rings. The summed E-state index contributed by atoms with van der Waals surface area (Å²) in [7, 11) is 2.16. The summed E-state index contributed by atoms with van der Waals surface area (Å²) < 4.78 is 0. The van der Waals surface area contributed by atoms with Gasteiger partial charge in [-0.25, -0.2) is 0 Å². The molecule has 126 valence electrons. The zero-order valence-corrected chi connectivity index (χ0v) is 14.1. The van der Waals surface area contributed by atoms with Gasteiger partial charge in [0.1, 0.15) is 0 Å². The lowest BCUT2D eigenvalue weighted by Gasteiger charge is -2.46. The van der Waals surface area contributed by atoms with Crippen LogP contribution in [0, 0.1) is 5.41 Å². The Balaban J connectivity index is 1.68. The maximum Gasteiger partial charge on any atom is 0.255 e. The zero-order valence-electron chi connectivity index (χ0n) is 13.4. The first-order valence-corrected chi connectivity index (χ1v) is 8.48. The molecule has 0 unspecified atom stereocenters. The molecule has 0 aromatic heterocycles. The highest BCUT2D eigenvalue weighted by molar-refractivity contribution is 6.35. The number of aromatic hydroxyl groups is 2. The van der Waals surface area contributed by atoms with Crippen molar-refractivity contribution in [2.24, 2.45) is 5.41 Å². The van der Waals surface area contributed by atoms with Gasteiger partial charge in [-0.05, 0) is 63.4 Å². The lowest BCUT2D eigenvalue weighted by atomic mass is 9.71. The average molecular weight is 339 g/mol. The zero-order chi connectivity index (χ0) is 16.6. The van der Waals surface area contributed by atoms with Crippen LogP contribution in [0.15, 0.2) is 12.1 Å². The molecule has 1 aromatic carbocycles. The summed E-state index contributed by atoms with van der Waals surface area (Å²) in [5.41, 5.74) is 0.630. The molecule has 2 aliphatic rings. The Hall–Kier alpha value is -1.46. The molecule has 2 saturated heterocycles. The van der Waals surface area contributed by atoms with Gasteiger partial charge < -0.3 is 20.0 Å². The topological polar surface area (TPSA) is 64.0 Å². The van der Waals surface area contributed by atoms with E-state index in [1.807, 2.05) is 0 Å². The number of hydrogen-bond donors (Lipinski definition) is 2. The highest BCUT2D eigenvalue weighted by Gasteiger charge is 2.38. The van der Waals surface area contributed by atoms with Gasteiger partial charge in [-0.3, -0.25) is 4.79 Å². The first kappa shape index (κ1) is 16.4. The Kier molecular flexibility index (Phi) is 4.43. The number of carbonyl (C=O) groups excluding carboxylic acids is 1. The predicted octanol–water partition coefficient (Wildman–Crippen LogP) is 2.70. The molecule has 23 heavy (non-hydrogen) atoms. The molecule has 0 saturated carbocycles. The third-order valence-corrected chi connectivity index (χ3v) is 5.87. The fraction of sp³-hybridized carbons (Fsp3) is 0.588. The van der Waals surface area contributed by atoms with Crippen molar-refractivity contribution in [3.63, 3.8) is 0 Å². The highest BCUT2D eigenvalue weighted by Crippen LogP contribution is 2.42. The summed E-state index contributed by atoms with van der Waals surface area (Å²) in [5, 5.41) is 19.1. The van der Waals surface area contributed by atoms with Crippen molar-refractivity contribution in [2.45, 2.75) is 25.7 Å². The monoisotopic (exact) mass is 338 g/mol. The van der Waals surface area contributed by atoms with Gasteiger partial charge in [-0.15, -0.1) is 0 Å². The Morgan fingerprint density at radius 1 is 1.09 bits per heavy atom. The second-order valence-corrected chi connectivity index (χ2v) is 7.27. The van der Waals surface area contributed by atoms with Crippen molar-refractivity contribution in [1.82, 2.24) is 9.80 Å². The van der Waals surface area contributed by atoms with Gasteiger partial charge in [-0.2, -0.15) is 0 Å². The minimum absolute atomic E-state index is 0.0745. The van der Waals surface area contributed by atoms with Crippen LogP contribution in [-0.4, -0.2) is 59.1 Å². The van der Waals surface area contributed by atoms with E-state index >= 15 is 0 Å². The highest BCUT2D eigenvalue weighted by atomic mass is 35.5. The SMILES string of the molecule is CN1CCC2(CC1)CCN(C(=O)c1ccc(O)c(O)c1Cl)CC2. The molecule has 0 atom stereocenters. The molecule has 3 rings (SSSR count). The maximum absolute atomic E-state index is 12.6. The normalized spacial score (nSPS) is 21.6. The first-order chi connectivity index (χ1) is 10.9. The second-order valence-electron chi connectivity index (χ2n) is 6.89. The number of amides is 1. The summed E-state index contributed by atoms with van der Waals surface area (Å²) in [6.45, 7) is 3.71. The summed E-state index contributed by atoms with van der Waals surface area (Å²) in [6, 6.07) is 2.77. The Bertz CT molecular complexity index is 602. The third-order valence-electron chi connectivity index (χ3n) is 5.48. The summed E-state index contributed by atoms with van der Waals surface area (Å²) >= 11 is 6.01. The minimum atomic E-state index is -0.429. The van der Waals surface area contributed by atoms with Crippen LogP contribution in [0.2, 0.25) is 5.02 Å². The molecule has 0 bridgehead atoms. The number of rotatable bonds is 1. The van der Waals surface area contributed by atoms with Gasteiger partial charge in [0.25, 0.3) is 5.91 Å². The largest absolute Gasteiger partial charge is 0.504 e. The van der Waals surface area contributed by atoms with E-state index in [9.17, 15) is 15.0 Å². The van der Waals surface area contributed by atoms with E-state index in [2.05, 4.69) is 11.9 Å². The number of halogens is 1. The van der Waals surface area contributed by atoms with Gasteiger partial charge in [0.2, 0.25) is 0 Å². The number of nitrogens with zero attached hydrogens (tertiary/aromatic N) is 2. The fourth-order valence-corrected chi connectivity index (χ4v) is 3.91. The number of phenolic OH excluding ortho intramolecular Hbond substituents is 2. The van der Waals surface area contributed by atoms with Crippen LogP contribution in [0.25, 0.3) is 0 Å². The van der Waals surface area contributed by atoms with E-state index in [1.165, 1.54) is 25.0 Å². The lowest BCUT2D eigenvalue weighted by Crippen LogP contribution is -2.47. The predicted molar refractivity (Wildman–Crippen MR) is 89.1 cm³/mol. The smallest absolute Gasteiger partial charge is 0.255 e. The van der Waals surface area contributed by atoms with Crippen molar-refractivity contribution in [3.8, 4) is 11.5 Å². The van der Waals surface area contributed by atoms with E-state index in [1.54, 1.807) is 4.90 Å². The van der Waals surface area contributed by atoms with Gasteiger partial charge in [-0.1, -0.05) is 11.6 Å². The molecule has 2 aliphatic heterocycles. The number of hydrogen-bond acceptors (Lipinski definition) is 4. The standard InChI is InChI=1S/C17H23ClN2O3/c1-19-8-4-17(5-9-19)6-10-20(11-7-17)16(23)12-2-3-13(21)15(22)14(12)18/h2-3,21-22H,4-11H2,1H3.